The Balaban J connectivity index is 2.04. The molecule has 0 saturated heterocycles. The third-order valence-corrected chi connectivity index (χ3v) is 4.82. The number of hydrogen-bond acceptors (Lipinski definition) is 2. The predicted octanol–water partition coefficient (Wildman–Crippen LogP) is 4.58. The minimum Gasteiger partial charge on any atom is -0.307 e. The van der Waals surface area contributed by atoms with Crippen molar-refractivity contribution < 1.29 is 9.59 Å². The van der Waals surface area contributed by atoms with E-state index in [0.717, 1.165) is 10.0 Å². The SMILES string of the molecule is Cc1ccc(CN2C(=O)CCC(=O)c3ccc(Br)cc32)cc1C. The van der Waals surface area contributed by atoms with Gasteiger partial charge in [-0.25, -0.2) is 0 Å². The summed E-state index contributed by atoms with van der Waals surface area (Å²) in [6.07, 6.45) is 0.535. The van der Waals surface area contributed by atoms with Crippen LogP contribution in [-0.2, 0) is 11.3 Å². The van der Waals surface area contributed by atoms with Gasteiger partial charge in [0.15, 0.2) is 5.78 Å². The molecule has 0 radical (unpaired) electrons. The van der Waals surface area contributed by atoms with Crippen molar-refractivity contribution in [3.05, 3.63) is 63.1 Å². The van der Waals surface area contributed by atoms with Crippen LogP contribution in [0.25, 0.3) is 0 Å². The molecule has 1 aliphatic rings. The van der Waals surface area contributed by atoms with E-state index >= 15 is 0 Å². The van der Waals surface area contributed by atoms with Gasteiger partial charge < -0.3 is 4.90 Å². The molecule has 0 atom stereocenters. The lowest BCUT2D eigenvalue weighted by Gasteiger charge is -2.23. The van der Waals surface area contributed by atoms with Crippen molar-refractivity contribution in [2.45, 2.75) is 33.2 Å². The van der Waals surface area contributed by atoms with Gasteiger partial charge in [0.25, 0.3) is 0 Å². The second-order valence-corrected chi connectivity index (χ2v) is 6.90. The summed E-state index contributed by atoms with van der Waals surface area (Å²) in [5, 5.41) is 0. The molecule has 23 heavy (non-hydrogen) atoms. The average molecular weight is 372 g/mol. The molecule has 3 rings (SSSR count). The number of anilines is 1. The topological polar surface area (TPSA) is 37.4 Å². The fourth-order valence-corrected chi connectivity index (χ4v) is 3.20. The Morgan fingerprint density at radius 3 is 2.52 bits per heavy atom. The van der Waals surface area contributed by atoms with Gasteiger partial charge in [-0.2, -0.15) is 0 Å². The van der Waals surface area contributed by atoms with Crippen molar-refractivity contribution in [1.29, 1.82) is 0 Å². The van der Waals surface area contributed by atoms with Crippen LogP contribution in [0.4, 0.5) is 5.69 Å². The van der Waals surface area contributed by atoms with Crippen LogP contribution in [0.15, 0.2) is 40.9 Å². The maximum Gasteiger partial charge on any atom is 0.227 e. The fraction of sp³-hybridized carbons (Fsp3) is 0.263. The minimum absolute atomic E-state index is 0.00609. The van der Waals surface area contributed by atoms with Crippen molar-refractivity contribution in [2.24, 2.45) is 0 Å². The number of amides is 1. The highest BCUT2D eigenvalue weighted by Gasteiger charge is 2.26. The Morgan fingerprint density at radius 2 is 1.78 bits per heavy atom. The number of fused-ring (bicyclic) bond motifs is 1. The summed E-state index contributed by atoms with van der Waals surface area (Å²) in [6, 6.07) is 11.7. The molecule has 0 N–H and O–H groups in total. The lowest BCUT2D eigenvalue weighted by molar-refractivity contribution is -0.118. The third kappa shape index (κ3) is 3.22. The Labute approximate surface area is 144 Å². The first kappa shape index (κ1) is 15.9. The van der Waals surface area contributed by atoms with E-state index in [1.807, 2.05) is 18.2 Å². The average Bonchev–Trinajstić information content (AvgIpc) is 2.63. The molecule has 0 spiro atoms. The summed E-state index contributed by atoms with van der Waals surface area (Å²) in [5.41, 5.74) is 4.83. The van der Waals surface area contributed by atoms with Crippen LogP contribution in [0.3, 0.4) is 0 Å². The van der Waals surface area contributed by atoms with Gasteiger partial charge in [-0.15, -0.1) is 0 Å². The van der Waals surface area contributed by atoms with Crippen LogP contribution in [0.1, 0.15) is 39.9 Å². The van der Waals surface area contributed by atoms with Crippen molar-refractivity contribution in [2.75, 3.05) is 4.90 Å². The second kappa shape index (κ2) is 6.28. The third-order valence-electron chi connectivity index (χ3n) is 4.33. The summed E-state index contributed by atoms with van der Waals surface area (Å²) >= 11 is 3.44. The van der Waals surface area contributed by atoms with E-state index in [4.69, 9.17) is 0 Å². The van der Waals surface area contributed by atoms with E-state index in [1.165, 1.54) is 11.1 Å². The van der Waals surface area contributed by atoms with Gasteiger partial charge in [-0.3, -0.25) is 9.59 Å². The molecule has 1 heterocycles. The molecule has 0 fully saturated rings. The lowest BCUT2D eigenvalue weighted by Crippen LogP contribution is -2.29. The monoisotopic (exact) mass is 371 g/mol. The Hall–Kier alpha value is -1.94. The van der Waals surface area contributed by atoms with Crippen LogP contribution in [-0.4, -0.2) is 11.7 Å². The summed E-state index contributed by atoms with van der Waals surface area (Å²) in [6.45, 7) is 4.62. The number of benzene rings is 2. The quantitative estimate of drug-likeness (QED) is 0.774. The molecule has 1 aliphatic heterocycles. The highest BCUT2D eigenvalue weighted by molar-refractivity contribution is 9.10. The second-order valence-electron chi connectivity index (χ2n) is 5.98. The Morgan fingerprint density at radius 1 is 1.00 bits per heavy atom. The normalized spacial score (nSPS) is 14.7. The summed E-state index contributed by atoms with van der Waals surface area (Å²) < 4.78 is 0.865. The number of halogens is 1. The highest BCUT2D eigenvalue weighted by Crippen LogP contribution is 2.31. The minimum atomic E-state index is -0.00609. The van der Waals surface area contributed by atoms with Crippen molar-refractivity contribution >= 4 is 33.3 Å². The molecule has 0 aliphatic carbocycles. The molecule has 0 unspecified atom stereocenters. The molecule has 0 aromatic heterocycles. The molecule has 2 aromatic carbocycles. The molecular formula is C19H18BrNO2. The van der Waals surface area contributed by atoms with E-state index in [2.05, 4.69) is 41.9 Å². The molecule has 0 saturated carbocycles. The summed E-state index contributed by atoms with van der Waals surface area (Å²) in [4.78, 5) is 26.5. The predicted molar refractivity (Wildman–Crippen MR) is 94.8 cm³/mol. The largest absolute Gasteiger partial charge is 0.307 e. The van der Waals surface area contributed by atoms with Gasteiger partial charge in [0.2, 0.25) is 5.91 Å². The molecule has 118 valence electrons. The smallest absolute Gasteiger partial charge is 0.227 e. The molecule has 2 aromatic rings. The lowest BCUT2D eigenvalue weighted by atomic mass is 10.0. The standard InChI is InChI=1S/C19H18BrNO2/c1-12-3-4-14(9-13(12)2)11-21-17-10-15(20)5-6-16(17)18(22)7-8-19(21)23/h3-6,9-10H,7-8,11H2,1-2H3. The fourth-order valence-electron chi connectivity index (χ4n) is 2.85. The maximum atomic E-state index is 12.5. The van der Waals surface area contributed by atoms with Crippen LogP contribution in [0.2, 0.25) is 0 Å². The number of carbonyl (C=O) groups is 2. The van der Waals surface area contributed by atoms with Gasteiger partial charge in [-0.05, 0) is 48.7 Å². The van der Waals surface area contributed by atoms with Crippen molar-refractivity contribution in [3.8, 4) is 0 Å². The molecule has 1 amide bonds. The van der Waals surface area contributed by atoms with Gasteiger partial charge >= 0.3 is 0 Å². The zero-order valence-electron chi connectivity index (χ0n) is 13.2. The summed E-state index contributed by atoms with van der Waals surface area (Å²) in [7, 11) is 0. The molecule has 0 bridgehead atoms. The van der Waals surface area contributed by atoms with E-state index in [1.54, 1.807) is 11.0 Å². The van der Waals surface area contributed by atoms with Crippen LogP contribution < -0.4 is 4.90 Å². The van der Waals surface area contributed by atoms with E-state index < -0.39 is 0 Å². The summed E-state index contributed by atoms with van der Waals surface area (Å²) in [5.74, 6) is 0.0249. The Bertz CT molecular complexity index is 798. The van der Waals surface area contributed by atoms with Gasteiger partial charge in [0.1, 0.15) is 0 Å². The first-order valence-electron chi connectivity index (χ1n) is 7.65. The highest BCUT2D eigenvalue weighted by atomic mass is 79.9. The van der Waals surface area contributed by atoms with Gasteiger partial charge in [0, 0.05) is 22.9 Å². The van der Waals surface area contributed by atoms with Gasteiger partial charge in [0.05, 0.1) is 12.2 Å². The first-order chi connectivity index (χ1) is 11.0. The first-order valence-corrected chi connectivity index (χ1v) is 8.44. The molecule has 4 heteroatoms. The van der Waals surface area contributed by atoms with E-state index in [0.29, 0.717) is 17.8 Å². The van der Waals surface area contributed by atoms with E-state index in [-0.39, 0.29) is 24.5 Å². The van der Waals surface area contributed by atoms with Crippen molar-refractivity contribution in [1.82, 2.24) is 0 Å². The number of nitrogens with zero attached hydrogens (tertiary/aromatic N) is 1. The molecule has 3 nitrogen and oxygen atoms in total. The molecular weight excluding hydrogens is 354 g/mol. The number of ketones is 1. The number of aryl methyl sites for hydroxylation is 2. The van der Waals surface area contributed by atoms with Gasteiger partial charge in [-0.1, -0.05) is 34.1 Å². The zero-order valence-corrected chi connectivity index (χ0v) is 14.8. The van der Waals surface area contributed by atoms with Crippen LogP contribution in [0.5, 0.6) is 0 Å². The van der Waals surface area contributed by atoms with Crippen molar-refractivity contribution in [3.63, 3.8) is 0 Å². The van der Waals surface area contributed by atoms with Crippen LogP contribution >= 0.6 is 15.9 Å². The zero-order chi connectivity index (χ0) is 16.6. The van der Waals surface area contributed by atoms with E-state index in [9.17, 15) is 9.59 Å². The number of hydrogen-bond donors (Lipinski definition) is 0. The maximum absolute atomic E-state index is 12.5. The number of rotatable bonds is 2. The number of carbonyl (C=O) groups excluding carboxylic acids is 2. The van der Waals surface area contributed by atoms with Crippen LogP contribution in [0, 0.1) is 13.8 Å². The Kier molecular flexibility index (Phi) is 4.35. The number of Topliss-reactive ketones (excluding diaryl/α,β-unsaturated/α-hetero) is 1.